The van der Waals surface area contributed by atoms with Crippen LogP contribution in [-0.2, 0) is 13.0 Å². The molecule has 0 aliphatic rings. The molecule has 0 saturated carbocycles. The van der Waals surface area contributed by atoms with E-state index in [1.807, 2.05) is 48.5 Å². The third-order valence-electron chi connectivity index (χ3n) is 6.36. The van der Waals surface area contributed by atoms with E-state index in [0.717, 1.165) is 28.9 Å². The largest absolute Gasteiger partial charge is 0.322 e. The number of rotatable bonds is 7. The van der Waals surface area contributed by atoms with Crippen molar-refractivity contribution in [1.82, 2.24) is 9.55 Å². The third kappa shape index (κ3) is 5.35. The summed E-state index contributed by atoms with van der Waals surface area (Å²) in [7, 11) is 0. The van der Waals surface area contributed by atoms with Gasteiger partial charge in [-0.3, -0.25) is 14.2 Å². The van der Waals surface area contributed by atoms with E-state index < -0.39 is 0 Å². The minimum absolute atomic E-state index is 0.150. The molecule has 0 spiro atoms. The van der Waals surface area contributed by atoms with Crippen LogP contribution in [0.1, 0.15) is 35.1 Å². The van der Waals surface area contributed by atoms with Gasteiger partial charge in [0.05, 0.1) is 28.0 Å². The summed E-state index contributed by atoms with van der Waals surface area (Å²) in [6.07, 6.45) is 1.53. The van der Waals surface area contributed by atoms with Crippen LogP contribution in [0.25, 0.3) is 22.0 Å². The number of benzene rings is 4. The highest BCUT2D eigenvalue weighted by atomic mass is 35.5. The quantitative estimate of drug-likeness (QED) is 0.230. The van der Waals surface area contributed by atoms with Gasteiger partial charge >= 0.3 is 0 Å². The second kappa shape index (κ2) is 11.2. The van der Waals surface area contributed by atoms with Gasteiger partial charge in [0.15, 0.2) is 0 Å². The number of halogens is 2. The molecule has 0 unspecified atom stereocenters. The molecule has 0 aliphatic heterocycles. The molecule has 0 saturated heterocycles. The maximum atomic E-state index is 13.7. The van der Waals surface area contributed by atoms with Crippen LogP contribution in [0.2, 0.25) is 10.0 Å². The fraction of sp³-hybridized carbons (Fsp3) is 0.129. The topological polar surface area (TPSA) is 64.0 Å². The Kier molecular flexibility index (Phi) is 7.59. The number of carbonyl (C=O) groups is 1. The van der Waals surface area contributed by atoms with Crippen molar-refractivity contribution in [3.05, 3.63) is 128 Å². The molecular weight excluding hydrogens is 517 g/mol. The maximum absolute atomic E-state index is 13.7. The molecule has 7 heteroatoms. The van der Waals surface area contributed by atoms with E-state index >= 15 is 0 Å². The SMILES string of the molecule is CCCc1nc2ccc(NC(=O)c3ccccc3Cl)cc2c(=O)n1Cc1ccc(-c2ccccc2Cl)cc1. The normalized spacial score (nSPS) is 11.0. The van der Waals surface area contributed by atoms with Crippen LogP contribution in [0.15, 0.2) is 95.8 Å². The zero-order valence-corrected chi connectivity index (χ0v) is 22.3. The first-order chi connectivity index (χ1) is 18.4. The van der Waals surface area contributed by atoms with Gasteiger partial charge in [-0.15, -0.1) is 0 Å². The zero-order chi connectivity index (χ0) is 26.6. The van der Waals surface area contributed by atoms with Crippen molar-refractivity contribution >= 4 is 45.7 Å². The Hall–Kier alpha value is -3.93. The summed E-state index contributed by atoms with van der Waals surface area (Å²) < 4.78 is 1.72. The highest BCUT2D eigenvalue weighted by Gasteiger charge is 2.14. The van der Waals surface area contributed by atoms with Crippen LogP contribution in [0.3, 0.4) is 0 Å². The molecule has 38 heavy (non-hydrogen) atoms. The molecule has 0 radical (unpaired) electrons. The number of aromatic nitrogens is 2. The van der Waals surface area contributed by atoms with Crippen molar-refractivity contribution in [2.75, 3.05) is 5.32 Å². The second-order valence-corrected chi connectivity index (χ2v) is 9.83. The lowest BCUT2D eigenvalue weighted by Crippen LogP contribution is -2.26. The van der Waals surface area contributed by atoms with Gasteiger partial charge in [-0.1, -0.05) is 84.7 Å². The van der Waals surface area contributed by atoms with Crippen molar-refractivity contribution < 1.29 is 4.79 Å². The Morgan fingerprint density at radius 1 is 0.895 bits per heavy atom. The molecule has 0 aliphatic carbocycles. The number of carbonyl (C=O) groups excluding carboxylic acids is 1. The van der Waals surface area contributed by atoms with E-state index in [1.54, 1.807) is 47.0 Å². The lowest BCUT2D eigenvalue weighted by atomic mass is 10.0. The minimum atomic E-state index is -0.343. The van der Waals surface area contributed by atoms with Crippen molar-refractivity contribution in [2.24, 2.45) is 0 Å². The number of amides is 1. The number of nitrogens with zero attached hydrogens (tertiary/aromatic N) is 2. The Bertz CT molecular complexity index is 1690. The first-order valence-electron chi connectivity index (χ1n) is 12.4. The van der Waals surface area contributed by atoms with Crippen LogP contribution in [0.4, 0.5) is 5.69 Å². The zero-order valence-electron chi connectivity index (χ0n) is 20.7. The van der Waals surface area contributed by atoms with Gasteiger partial charge in [-0.2, -0.15) is 0 Å². The van der Waals surface area contributed by atoms with Crippen LogP contribution in [0.5, 0.6) is 0 Å². The number of aryl methyl sites for hydroxylation is 1. The van der Waals surface area contributed by atoms with Crippen molar-refractivity contribution in [1.29, 1.82) is 0 Å². The molecule has 5 aromatic rings. The number of nitrogens with one attached hydrogen (secondary N) is 1. The molecule has 1 aromatic heterocycles. The van der Waals surface area contributed by atoms with Gasteiger partial charge in [-0.25, -0.2) is 4.98 Å². The van der Waals surface area contributed by atoms with Crippen LogP contribution in [-0.4, -0.2) is 15.5 Å². The van der Waals surface area contributed by atoms with E-state index in [-0.39, 0.29) is 11.5 Å². The fourth-order valence-corrected chi connectivity index (χ4v) is 4.90. The summed E-state index contributed by atoms with van der Waals surface area (Å²) >= 11 is 12.5. The molecule has 5 rings (SSSR count). The molecular formula is C31H25Cl2N3O2. The first-order valence-corrected chi connectivity index (χ1v) is 13.1. The van der Waals surface area contributed by atoms with Gasteiger partial charge in [0.2, 0.25) is 0 Å². The Labute approximate surface area is 230 Å². The minimum Gasteiger partial charge on any atom is -0.322 e. The van der Waals surface area contributed by atoms with Gasteiger partial charge in [-0.05, 0) is 53.9 Å². The van der Waals surface area contributed by atoms with Crippen LogP contribution >= 0.6 is 23.2 Å². The van der Waals surface area contributed by atoms with E-state index in [9.17, 15) is 9.59 Å². The molecule has 0 bridgehead atoms. The fourth-order valence-electron chi connectivity index (χ4n) is 4.43. The van der Waals surface area contributed by atoms with E-state index in [2.05, 4.69) is 12.2 Å². The second-order valence-electron chi connectivity index (χ2n) is 9.01. The molecule has 1 N–H and O–H groups in total. The summed E-state index contributed by atoms with van der Waals surface area (Å²) in [6.45, 7) is 2.45. The average molecular weight is 542 g/mol. The summed E-state index contributed by atoms with van der Waals surface area (Å²) in [5, 5.41) is 4.34. The van der Waals surface area contributed by atoms with E-state index in [0.29, 0.717) is 45.2 Å². The average Bonchev–Trinajstić information content (AvgIpc) is 2.92. The van der Waals surface area contributed by atoms with Gasteiger partial charge in [0.1, 0.15) is 5.82 Å². The standard InChI is InChI=1S/C31H25Cl2N3O2/c1-2-7-29-35-28-17-16-22(34-30(37)24-9-4-6-11-27(24)33)18-25(28)31(38)36(29)19-20-12-14-21(15-13-20)23-8-3-5-10-26(23)32/h3-6,8-18H,2,7,19H2,1H3,(H,34,37). The molecule has 5 nitrogen and oxygen atoms in total. The van der Waals surface area contributed by atoms with Gasteiger partial charge < -0.3 is 5.32 Å². The molecule has 1 heterocycles. The third-order valence-corrected chi connectivity index (χ3v) is 7.02. The number of anilines is 1. The number of hydrogen-bond donors (Lipinski definition) is 1. The number of fused-ring (bicyclic) bond motifs is 1. The van der Waals surface area contributed by atoms with Gasteiger partial charge in [0, 0.05) is 22.7 Å². The van der Waals surface area contributed by atoms with Crippen molar-refractivity contribution in [2.45, 2.75) is 26.3 Å². The smallest absolute Gasteiger partial charge is 0.261 e. The summed E-state index contributed by atoms with van der Waals surface area (Å²) in [6, 6.07) is 27.8. The number of hydrogen-bond acceptors (Lipinski definition) is 3. The van der Waals surface area contributed by atoms with Crippen molar-refractivity contribution in [3.8, 4) is 11.1 Å². The van der Waals surface area contributed by atoms with Gasteiger partial charge in [0.25, 0.3) is 11.5 Å². The van der Waals surface area contributed by atoms with Crippen LogP contribution in [0, 0.1) is 0 Å². The summed E-state index contributed by atoms with van der Waals surface area (Å²) in [5.74, 6) is 0.387. The first kappa shape index (κ1) is 25.7. The van der Waals surface area contributed by atoms with Crippen LogP contribution < -0.4 is 10.9 Å². The molecule has 190 valence electrons. The highest BCUT2D eigenvalue weighted by molar-refractivity contribution is 6.34. The molecule has 0 atom stereocenters. The highest BCUT2D eigenvalue weighted by Crippen LogP contribution is 2.28. The predicted molar refractivity (Wildman–Crippen MR) is 155 cm³/mol. The predicted octanol–water partition coefficient (Wildman–Crippen LogP) is 7.62. The van der Waals surface area contributed by atoms with Crippen molar-refractivity contribution in [3.63, 3.8) is 0 Å². The molecule has 0 fully saturated rings. The Balaban J connectivity index is 1.48. The molecule has 1 amide bonds. The van der Waals surface area contributed by atoms with E-state index in [4.69, 9.17) is 28.2 Å². The Morgan fingerprint density at radius 3 is 2.32 bits per heavy atom. The lowest BCUT2D eigenvalue weighted by Gasteiger charge is -2.15. The lowest BCUT2D eigenvalue weighted by molar-refractivity contribution is 0.102. The Morgan fingerprint density at radius 2 is 1.61 bits per heavy atom. The monoisotopic (exact) mass is 541 g/mol. The maximum Gasteiger partial charge on any atom is 0.261 e. The summed E-state index contributed by atoms with van der Waals surface area (Å²) in [4.78, 5) is 31.2. The summed E-state index contributed by atoms with van der Waals surface area (Å²) in [5.41, 5.74) is 4.26. The molecule has 4 aromatic carbocycles. The van der Waals surface area contributed by atoms with E-state index in [1.165, 1.54) is 0 Å².